The number of hydrogen-bond donors (Lipinski definition) is 3. The van der Waals surface area contributed by atoms with Gasteiger partial charge in [0.15, 0.2) is 0 Å². The first-order valence-corrected chi connectivity index (χ1v) is 5.73. The summed E-state index contributed by atoms with van der Waals surface area (Å²) >= 11 is 0. The van der Waals surface area contributed by atoms with Crippen molar-refractivity contribution in [1.29, 1.82) is 0 Å². The largest absolute Gasteiger partial charge is 0.358 e. The van der Waals surface area contributed by atoms with Crippen LogP contribution in [0.5, 0.6) is 0 Å². The highest BCUT2D eigenvalue weighted by Crippen LogP contribution is 1.91. The van der Waals surface area contributed by atoms with Gasteiger partial charge in [0.2, 0.25) is 17.7 Å². The number of hydrogen-bond acceptors (Lipinski definition) is 5. The second-order valence-electron chi connectivity index (χ2n) is 3.58. The molecule has 0 unspecified atom stereocenters. The molecule has 0 fully saturated rings. The Morgan fingerprint density at radius 1 is 1.05 bits per heavy atom. The molecule has 0 aliphatic rings. The van der Waals surface area contributed by atoms with Gasteiger partial charge in [-0.2, -0.15) is 5.12 Å². The summed E-state index contributed by atoms with van der Waals surface area (Å²) in [6, 6.07) is 0. The topological polar surface area (TPSA) is 125 Å². The first kappa shape index (κ1) is 18.2. The van der Waals surface area contributed by atoms with Gasteiger partial charge in [-0.05, 0) is 6.08 Å². The Morgan fingerprint density at radius 2 is 1.62 bits per heavy atom. The van der Waals surface area contributed by atoms with Crippen molar-refractivity contribution in [2.75, 3.05) is 26.7 Å². The molecule has 0 aromatic carbocycles. The number of rotatable bonds is 8. The highest BCUT2D eigenvalue weighted by Gasteiger charge is 2.15. The minimum absolute atomic E-state index is 0.255. The van der Waals surface area contributed by atoms with E-state index in [0.717, 1.165) is 6.08 Å². The number of allylic oxidation sites excluding steroid dienone is 1. The van der Waals surface area contributed by atoms with E-state index >= 15 is 0 Å². The zero-order chi connectivity index (χ0) is 16.3. The third-order valence-electron chi connectivity index (χ3n) is 2.01. The van der Waals surface area contributed by atoms with Crippen molar-refractivity contribution in [3.05, 3.63) is 12.2 Å². The molecule has 10 heteroatoms. The van der Waals surface area contributed by atoms with E-state index in [1.807, 2.05) is 0 Å². The molecule has 0 bridgehead atoms. The minimum atomic E-state index is -1.18. The highest BCUT2D eigenvalue weighted by molar-refractivity contribution is 5.93. The minimum Gasteiger partial charge on any atom is -0.358 e. The number of carbonyl (C=O) groups is 5. The first-order valence-electron chi connectivity index (χ1n) is 5.73. The van der Waals surface area contributed by atoms with Crippen molar-refractivity contribution in [2.45, 2.75) is 0 Å². The SMILES string of the molecule is CNC(=O)CNC(=O)CNC(=O)CN(F)C(=O)/C=C\C=O. The van der Waals surface area contributed by atoms with Crippen molar-refractivity contribution < 1.29 is 28.5 Å². The molecule has 0 rings (SSSR count). The van der Waals surface area contributed by atoms with E-state index in [-0.39, 0.29) is 12.8 Å². The van der Waals surface area contributed by atoms with E-state index in [9.17, 15) is 28.5 Å². The Bertz CT molecular complexity index is 452. The van der Waals surface area contributed by atoms with Crippen LogP contribution >= 0.6 is 0 Å². The smallest absolute Gasteiger partial charge is 0.274 e. The lowest BCUT2D eigenvalue weighted by atomic mass is 10.4. The number of nitrogens with zero attached hydrogens (tertiary/aromatic N) is 1. The number of likely N-dealkylation sites (N-methyl/N-ethyl adjacent to an activating group) is 1. The van der Waals surface area contributed by atoms with Crippen molar-refractivity contribution in [2.24, 2.45) is 0 Å². The Morgan fingerprint density at radius 3 is 2.19 bits per heavy atom. The number of carbonyl (C=O) groups excluding carboxylic acids is 5. The van der Waals surface area contributed by atoms with Gasteiger partial charge in [-0.25, -0.2) is 0 Å². The molecule has 0 aliphatic heterocycles. The molecule has 9 nitrogen and oxygen atoms in total. The molecule has 0 spiro atoms. The van der Waals surface area contributed by atoms with Gasteiger partial charge < -0.3 is 16.0 Å². The third kappa shape index (κ3) is 8.86. The monoisotopic (exact) mass is 302 g/mol. The summed E-state index contributed by atoms with van der Waals surface area (Å²) in [5, 5.41) is 6.11. The molecule has 0 saturated heterocycles. The zero-order valence-corrected chi connectivity index (χ0v) is 11.2. The molecule has 3 N–H and O–H groups in total. The second kappa shape index (κ2) is 10.1. The lowest BCUT2D eigenvalue weighted by Crippen LogP contribution is -2.43. The van der Waals surface area contributed by atoms with E-state index < -0.39 is 41.8 Å². The van der Waals surface area contributed by atoms with Crippen LogP contribution in [0.4, 0.5) is 4.48 Å². The predicted molar refractivity (Wildman–Crippen MR) is 68.1 cm³/mol. The van der Waals surface area contributed by atoms with Crippen LogP contribution < -0.4 is 16.0 Å². The van der Waals surface area contributed by atoms with Crippen LogP contribution in [-0.2, 0) is 24.0 Å². The number of nitrogens with one attached hydrogen (secondary N) is 3. The standard InChI is InChI=1S/C11H15FN4O5/c1-13-8(18)5-14-9(19)6-15-10(20)7-16(12)11(21)3-2-4-17/h2-4H,5-7H2,1H3,(H,13,18)(H,14,19)(H,15,20)/b3-2-. The molecular formula is C11H15FN4O5. The molecular weight excluding hydrogens is 287 g/mol. The average Bonchev–Trinajstić information content (AvgIpc) is 2.47. The summed E-state index contributed by atoms with van der Waals surface area (Å²) in [6.45, 7) is -1.65. The zero-order valence-electron chi connectivity index (χ0n) is 11.2. The van der Waals surface area contributed by atoms with Gasteiger partial charge in [0, 0.05) is 13.1 Å². The molecule has 0 aromatic heterocycles. The molecule has 0 heterocycles. The van der Waals surface area contributed by atoms with E-state index in [2.05, 4.69) is 16.0 Å². The predicted octanol–water partition coefficient (Wildman–Crippen LogP) is -2.57. The van der Waals surface area contributed by atoms with Crippen LogP contribution in [0.3, 0.4) is 0 Å². The molecule has 21 heavy (non-hydrogen) atoms. The number of amides is 4. The van der Waals surface area contributed by atoms with Crippen LogP contribution in [0.1, 0.15) is 0 Å². The van der Waals surface area contributed by atoms with E-state index in [0.29, 0.717) is 6.08 Å². The average molecular weight is 302 g/mol. The molecule has 0 aromatic rings. The third-order valence-corrected chi connectivity index (χ3v) is 2.01. The number of aldehydes is 1. The quantitative estimate of drug-likeness (QED) is 0.258. The molecule has 0 saturated carbocycles. The van der Waals surface area contributed by atoms with Crippen LogP contribution in [0, 0.1) is 0 Å². The molecule has 4 amide bonds. The Labute approximate surface area is 119 Å². The fraction of sp³-hybridized carbons (Fsp3) is 0.364. The van der Waals surface area contributed by atoms with Gasteiger partial charge in [0.25, 0.3) is 5.91 Å². The van der Waals surface area contributed by atoms with Crippen LogP contribution in [0.15, 0.2) is 12.2 Å². The first-order chi connectivity index (χ1) is 9.90. The van der Waals surface area contributed by atoms with Gasteiger partial charge >= 0.3 is 0 Å². The van der Waals surface area contributed by atoms with E-state index in [1.54, 1.807) is 0 Å². The van der Waals surface area contributed by atoms with E-state index in [1.165, 1.54) is 7.05 Å². The Kier molecular flexibility index (Phi) is 8.73. The summed E-state index contributed by atoms with van der Waals surface area (Å²) in [5.41, 5.74) is 0. The van der Waals surface area contributed by atoms with Gasteiger partial charge in [0.05, 0.1) is 13.1 Å². The fourth-order valence-corrected chi connectivity index (χ4v) is 0.971. The molecule has 0 radical (unpaired) electrons. The Hall–Kier alpha value is -2.78. The van der Waals surface area contributed by atoms with Crippen LogP contribution in [0.2, 0.25) is 0 Å². The maximum atomic E-state index is 13.1. The van der Waals surface area contributed by atoms with Crippen molar-refractivity contribution in [1.82, 2.24) is 21.1 Å². The Balaban J connectivity index is 4.01. The maximum absolute atomic E-state index is 13.1. The lowest BCUT2D eigenvalue weighted by molar-refractivity contribution is -0.146. The number of halogens is 1. The van der Waals surface area contributed by atoms with Crippen molar-refractivity contribution >= 4 is 29.9 Å². The summed E-state index contributed by atoms with van der Waals surface area (Å²) in [5.74, 6) is -3.16. The fourth-order valence-electron chi connectivity index (χ4n) is 0.971. The van der Waals surface area contributed by atoms with Crippen LogP contribution in [-0.4, -0.2) is 61.7 Å². The van der Waals surface area contributed by atoms with Gasteiger partial charge in [0.1, 0.15) is 12.8 Å². The molecule has 116 valence electrons. The molecule has 0 atom stereocenters. The van der Waals surface area contributed by atoms with Gasteiger partial charge in [-0.1, -0.05) is 4.48 Å². The highest BCUT2D eigenvalue weighted by atomic mass is 19.2. The second-order valence-corrected chi connectivity index (χ2v) is 3.58. The summed E-state index contributed by atoms with van der Waals surface area (Å²) < 4.78 is 13.1. The summed E-state index contributed by atoms with van der Waals surface area (Å²) in [6.07, 6.45) is 1.71. The summed E-state index contributed by atoms with van der Waals surface area (Å²) in [7, 11) is 1.39. The van der Waals surface area contributed by atoms with Crippen molar-refractivity contribution in [3.63, 3.8) is 0 Å². The normalized spacial score (nSPS) is 9.81. The lowest BCUT2D eigenvalue weighted by Gasteiger charge is -2.10. The van der Waals surface area contributed by atoms with Crippen LogP contribution in [0.25, 0.3) is 0 Å². The maximum Gasteiger partial charge on any atom is 0.274 e. The van der Waals surface area contributed by atoms with Gasteiger partial charge in [-0.15, -0.1) is 0 Å². The summed E-state index contributed by atoms with van der Waals surface area (Å²) in [4.78, 5) is 54.2. The van der Waals surface area contributed by atoms with E-state index in [4.69, 9.17) is 0 Å². The van der Waals surface area contributed by atoms with Gasteiger partial charge in [-0.3, -0.25) is 24.0 Å². The molecule has 0 aliphatic carbocycles. The van der Waals surface area contributed by atoms with Crippen molar-refractivity contribution in [3.8, 4) is 0 Å².